The van der Waals surface area contributed by atoms with Crippen LogP contribution in [0.3, 0.4) is 0 Å². The summed E-state index contributed by atoms with van der Waals surface area (Å²) < 4.78 is 13.6. The monoisotopic (exact) mass is 225 g/mol. The van der Waals surface area contributed by atoms with E-state index in [0.717, 1.165) is 5.57 Å². The highest BCUT2D eigenvalue weighted by Crippen LogP contribution is 2.23. The molecule has 3 heteroatoms. The van der Waals surface area contributed by atoms with Crippen LogP contribution in [0.25, 0.3) is 5.57 Å². The fraction of sp³-hybridized carbons (Fsp3) is 0.167. The van der Waals surface area contributed by atoms with E-state index < -0.39 is 0 Å². The van der Waals surface area contributed by atoms with Crippen molar-refractivity contribution in [2.24, 2.45) is 0 Å². The Bertz CT molecular complexity index is 397. The van der Waals surface area contributed by atoms with Crippen LogP contribution in [-0.4, -0.2) is 5.88 Å². The fourth-order valence-corrected chi connectivity index (χ4v) is 1.37. The van der Waals surface area contributed by atoms with Gasteiger partial charge in [0.05, 0.1) is 5.69 Å². The molecule has 2 N–H and O–H groups in total. The second-order valence-corrected chi connectivity index (χ2v) is 3.32. The predicted octanol–water partition coefficient (Wildman–Crippen LogP) is 3.61. The van der Waals surface area contributed by atoms with Crippen molar-refractivity contribution in [3.05, 3.63) is 47.8 Å². The third kappa shape index (κ3) is 2.83. The quantitative estimate of drug-likeness (QED) is 0.475. The van der Waals surface area contributed by atoms with E-state index in [2.05, 4.69) is 0 Å². The summed E-state index contributed by atoms with van der Waals surface area (Å²) >= 11 is 5.53. The van der Waals surface area contributed by atoms with E-state index in [0.29, 0.717) is 11.4 Å². The molecule has 1 rings (SSSR count). The number of alkyl halides is 1. The fourth-order valence-electron chi connectivity index (χ4n) is 1.29. The van der Waals surface area contributed by atoms with Gasteiger partial charge in [0, 0.05) is 11.4 Å². The first-order valence-electron chi connectivity index (χ1n) is 4.64. The normalized spacial score (nSPS) is 12.3. The summed E-state index contributed by atoms with van der Waals surface area (Å²) in [5.74, 6) is 0.0196. The lowest BCUT2D eigenvalue weighted by Gasteiger charge is -2.05. The summed E-state index contributed by atoms with van der Waals surface area (Å²) in [6.07, 6.45) is 5.37. The minimum Gasteiger partial charge on any atom is -0.396 e. The summed E-state index contributed by atoms with van der Waals surface area (Å²) in [7, 11) is 0. The number of rotatable bonds is 3. The van der Waals surface area contributed by atoms with Gasteiger partial charge in [0.15, 0.2) is 5.82 Å². The van der Waals surface area contributed by atoms with Gasteiger partial charge in [-0.2, -0.15) is 0 Å². The highest BCUT2D eigenvalue weighted by atomic mass is 35.5. The summed E-state index contributed by atoms with van der Waals surface area (Å²) in [4.78, 5) is 0. The van der Waals surface area contributed by atoms with Crippen molar-refractivity contribution in [3.8, 4) is 0 Å². The standard InChI is InChI=1S/C12H13ClFN/c1-2-9(5-4-8-13)10-6-3-7-11(15)12(10)14/h2-7H,8,15H2,1H3/b5-4-,9-2+. The van der Waals surface area contributed by atoms with Crippen molar-refractivity contribution in [2.75, 3.05) is 11.6 Å². The average Bonchev–Trinajstić information content (AvgIpc) is 2.25. The van der Waals surface area contributed by atoms with Gasteiger partial charge in [0.1, 0.15) is 0 Å². The Morgan fingerprint density at radius 2 is 2.27 bits per heavy atom. The first kappa shape index (κ1) is 11.8. The number of hydrogen-bond acceptors (Lipinski definition) is 1. The molecule has 1 nitrogen and oxygen atoms in total. The van der Waals surface area contributed by atoms with Crippen molar-refractivity contribution in [1.29, 1.82) is 0 Å². The number of allylic oxidation sites excluding steroid dienone is 4. The van der Waals surface area contributed by atoms with Crippen LogP contribution in [0.2, 0.25) is 0 Å². The lowest BCUT2D eigenvalue weighted by atomic mass is 10.0. The summed E-state index contributed by atoms with van der Waals surface area (Å²) in [5, 5.41) is 0. The van der Waals surface area contributed by atoms with Gasteiger partial charge in [-0.15, -0.1) is 11.6 Å². The minimum atomic E-state index is -0.384. The summed E-state index contributed by atoms with van der Waals surface area (Å²) in [5.41, 5.74) is 6.93. The van der Waals surface area contributed by atoms with Gasteiger partial charge < -0.3 is 5.73 Å². The van der Waals surface area contributed by atoms with Crippen LogP contribution in [0.4, 0.5) is 10.1 Å². The Morgan fingerprint density at radius 3 is 2.87 bits per heavy atom. The molecule has 0 aliphatic carbocycles. The van der Waals surface area contributed by atoms with Gasteiger partial charge >= 0.3 is 0 Å². The molecule has 0 saturated carbocycles. The zero-order valence-corrected chi connectivity index (χ0v) is 9.26. The molecule has 1 aromatic rings. The maximum atomic E-state index is 13.6. The lowest BCUT2D eigenvalue weighted by molar-refractivity contribution is 0.629. The Balaban J connectivity index is 3.14. The molecule has 80 valence electrons. The molecular formula is C12H13ClFN. The van der Waals surface area contributed by atoms with Crippen LogP contribution in [0.15, 0.2) is 36.4 Å². The number of nitrogens with two attached hydrogens (primary N) is 1. The predicted molar refractivity (Wildman–Crippen MR) is 64.3 cm³/mol. The number of hydrogen-bond donors (Lipinski definition) is 1. The molecular weight excluding hydrogens is 213 g/mol. The van der Waals surface area contributed by atoms with Crippen LogP contribution in [0, 0.1) is 5.82 Å². The van der Waals surface area contributed by atoms with Gasteiger partial charge in [-0.1, -0.05) is 30.4 Å². The van der Waals surface area contributed by atoms with Gasteiger partial charge in [-0.3, -0.25) is 0 Å². The second kappa shape index (κ2) is 5.56. The maximum Gasteiger partial charge on any atom is 0.153 e. The molecule has 0 saturated heterocycles. The van der Waals surface area contributed by atoms with E-state index in [-0.39, 0.29) is 11.5 Å². The largest absolute Gasteiger partial charge is 0.396 e. The molecule has 0 aromatic heterocycles. The minimum absolute atomic E-state index is 0.158. The number of benzene rings is 1. The zero-order chi connectivity index (χ0) is 11.3. The van der Waals surface area contributed by atoms with Gasteiger partial charge in [-0.05, 0) is 18.6 Å². The summed E-state index contributed by atoms with van der Waals surface area (Å²) in [6, 6.07) is 4.96. The van der Waals surface area contributed by atoms with E-state index in [4.69, 9.17) is 17.3 Å². The van der Waals surface area contributed by atoms with Crippen molar-refractivity contribution >= 4 is 22.9 Å². The van der Waals surface area contributed by atoms with E-state index in [1.807, 2.05) is 13.0 Å². The second-order valence-electron chi connectivity index (χ2n) is 3.01. The molecule has 0 radical (unpaired) electrons. The van der Waals surface area contributed by atoms with Crippen LogP contribution in [-0.2, 0) is 0 Å². The number of nitrogen functional groups attached to an aromatic ring is 1. The molecule has 0 amide bonds. The zero-order valence-electron chi connectivity index (χ0n) is 8.50. The van der Waals surface area contributed by atoms with Gasteiger partial charge in [0.2, 0.25) is 0 Å². The Hall–Kier alpha value is -1.28. The molecule has 0 heterocycles. The van der Waals surface area contributed by atoms with Crippen LogP contribution < -0.4 is 5.73 Å². The SMILES string of the molecule is C/C=C(\C=C/CCl)c1cccc(N)c1F. The van der Waals surface area contributed by atoms with E-state index in [1.165, 1.54) is 6.07 Å². The highest BCUT2D eigenvalue weighted by molar-refractivity contribution is 6.19. The maximum absolute atomic E-state index is 13.6. The third-order valence-electron chi connectivity index (χ3n) is 2.04. The van der Waals surface area contributed by atoms with Crippen molar-refractivity contribution in [2.45, 2.75) is 6.92 Å². The van der Waals surface area contributed by atoms with E-state index >= 15 is 0 Å². The van der Waals surface area contributed by atoms with Gasteiger partial charge in [-0.25, -0.2) is 4.39 Å². The third-order valence-corrected chi connectivity index (χ3v) is 2.22. The van der Waals surface area contributed by atoms with E-state index in [1.54, 1.807) is 24.3 Å². The van der Waals surface area contributed by atoms with Crippen molar-refractivity contribution < 1.29 is 4.39 Å². The molecule has 1 aromatic carbocycles. The smallest absolute Gasteiger partial charge is 0.153 e. The van der Waals surface area contributed by atoms with Crippen LogP contribution >= 0.6 is 11.6 Å². The number of anilines is 1. The van der Waals surface area contributed by atoms with Crippen molar-refractivity contribution in [3.63, 3.8) is 0 Å². The van der Waals surface area contributed by atoms with Crippen LogP contribution in [0.1, 0.15) is 12.5 Å². The average molecular weight is 226 g/mol. The molecule has 0 unspecified atom stereocenters. The Kier molecular flexibility index (Phi) is 4.37. The molecule has 0 aliphatic rings. The lowest BCUT2D eigenvalue weighted by Crippen LogP contribution is -1.95. The Labute approximate surface area is 94.1 Å². The highest BCUT2D eigenvalue weighted by Gasteiger charge is 2.06. The molecule has 0 fully saturated rings. The number of halogens is 2. The Morgan fingerprint density at radius 1 is 1.53 bits per heavy atom. The topological polar surface area (TPSA) is 26.0 Å². The molecule has 15 heavy (non-hydrogen) atoms. The molecule has 0 aliphatic heterocycles. The molecule has 0 bridgehead atoms. The molecule has 0 spiro atoms. The van der Waals surface area contributed by atoms with Crippen molar-refractivity contribution in [1.82, 2.24) is 0 Å². The van der Waals surface area contributed by atoms with Gasteiger partial charge in [0.25, 0.3) is 0 Å². The summed E-state index contributed by atoms with van der Waals surface area (Å²) in [6.45, 7) is 1.84. The first-order chi connectivity index (χ1) is 7.20. The molecule has 0 atom stereocenters. The van der Waals surface area contributed by atoms with Crippen LogP contribution in [0.5, 0.6) is 0 Å². The first-order valence-corrected chi connectivity index (χ1v) is 5.17. The van der Waals surface area contributed by atoms with E-state index in [9.17, 15) is 4.39 Å².